The second-order valence-electron chi connectivity index (χ2n) is 5.87. The second kappa shape index (κ2) is 8.34. The fourth-order valence-corrected chi connectivity index (χ4v) is 2.53. The molecule has 1 aromatic heterocycles. The number of ether oxygens (including phenoxy) is 3. The summed E-state index contributed by atoms with van der Waals surface area (Å²) >= 11 is 0. The Morgan fingerprint density at radius 3 is 2.36 bits per heavy atom. The number of esters is 1. The Balaban J connectivity index is 1.66. The van der Waals surface area contributed by atoms with Gasteiger partial charge in [0.1, 0.15) is 0 Å². The number of nitrogens with one attached hydrogen (secondary N) is 1. The van der Waals surface area contributed by atoms with Crippen LogP contribution in [-0.2, 0) is 9.53 Å². The molecule has 1 N–H and O–H groups in total. The minimum Gasteiger partial charge on any atom is -0.493 e. The zero-order chi connectivity index (χ0) is 20.1. The second-order valence-corrected chi connectivity index (χ2v) is 5.87. The van der Waals surface area contributed by atoms with E-state index in [1.165, 1.54) is 27.3 Å². The highest BCUT2D eigenvalue weighted by atomic mass is 16.5. The van der Waals surface area contributed by atoms with Crippen LogP contribution in [0.15, 0.2) is 48.8 Å². The highest BCUT2D eigenvalue weighted by Crippen LogP contribution is 2.29. The van der Waals surface area contributed by atoms with Crippen molar-refractivity contribution in [3.63, 3.8) is 0 Å². The molecule has 1 heterocycles. The molecule has 2 aromatic carbocycles. The molecule has 0 fully saturated rings. The van der Waals surface area contributed by atoms with Crippen molar-refractivity contribution in [3.05, 3.63) is 54.4 Å². The van der Waals surface area contributed by atoms with E-state index in [9.17, 15) is 9.59 Å². The van der Waals surface area contributed by atoms with E-state index in [0.29, 0.717) is 33.8 Å². The summed E-state index contributed by atoms with van der Waals surface area (Å²) < 4.78 is 15.6. The fourth-order valence-electron chi connectivity index (χ4n) is 2.53. The summed E-state index contributed by atoms with van der Waals surface area (Å²) in [7, 11) is 3.03. The SMILES string of the molecule is COc1ccc(NC(=O)[C@@H](C)OC(=O)c2ccc3nccnc3c2)cc1OC. The lowest BCUT2D eigenvalue weighted by molar-refractivity contribution is -0.123. The first-order chi connectivity index (χ1) is 13.5. The molecular weight excluding hydrogens is 362 g/mol. The van der Waals surface area contributed by atoms with Crippen LogP contribution in [0.5, 0.6) is 11.5 Å². The molecule has 28 heavy (non-hydrogen) atoms. The first kappa shape index (κ1) is 19.1. The Bertz CT molecular complexity index is 1020. The maximum Gasteiger partial charge on any atom is 0.338 e. The third-order valence-electron chi connectivity index (χ3n) is 4.01. The van der Waals surface area contributed by atoms with Gasteiger partial charge in [0.05, 0.1) is 30.8 Å². The smallest absolute Gasteiger partial charge is 0.338 e. The molecule has 0 bridgehead atoms. The van der Waals surface area contributed by atoms with Gasteiger partial charge in [-0.2, -0.15) is 0 Å². The molecule has 144 valence electrons. The van der Waals surface area contributed by atoms with Gasteiger partial charge in [0, 0.05) is 24.1 Å². The van der Waals surface area contributed by atoms with Gasteiger partial charge in [-0.05, 0) is 37.3 Å². The van der Waals surface area contributed by atoms with Gasteiger partial charge < -0.3 is 19.5 Å². The third-order valence-corrected chi connectivity index (χ3v) is 4.01. The van der Waals surface area contributed by atoms with Crippen molar-refractivity contribution in [1.82, 2.24) is 9.97 Å². The lowest BCUT2D eigenvalue weighted by atomic mass is 10.2. The summed E-state index contributed by atoms with van der Waals surface area (Å²) in [5, 5.41) is 2.68. The summed E-state index contributed by atoms with van der Waals surface area (Å²) in [5.41, 5.74) is 2.02. The Labute approximate surface area is 161 Å². The van der Waals surface area contributed by atoms with Crippen LogP contribution < -0.4 is 14.8 Å². The zero-order valence-electron chi connectivity index (χ0n) is 15.6. The number of aromatic nitrogens is 2. The van der Waals surface area contributed by atoms with Gasteiger partial charge in [-0.25, -0.2) is 4.79 Å². The molecule has 1 amide bonds. The molecular formula is C20H19N3O5. The van der Waals surface area contributed by atoms with E-state index in [2.05, 4.69) is 15.3 Å². The molecule has 0 saturated heterocycles. The number of benzene rings is 2. The molecule has 8 nitrogen and oxygen atoms in total. The molecule has 3 aromatic rings. The average molecular weight is 381 g/mol. The van der Waals surface area contributed by atoms with Crippen molar-refractivity contribution >= 4 is 28.6 Å². The number of hydrogen-bond donors (Lipinski definition) is 1. The van der Waals surface area contributed by atoms with E-state index < -0.39 is 18.0 Å². The lowest BCUT2D eigenvalue weighted by Gasteiger charge is -2.15. The molecule has 0 aliphatic rings. The molecule has 0 aliphatic heterocycles. The normalized spacial score (nSPS) is 11.5. The number of rotatable bonds is 6. The van der Waals surface area contributed by atoms with Gasteiger partial charge in [-0.15, -0.1) is 0 Å². The largest absolute Gasteiger partial charge is 0.493 e. The molecule has 0 unspecified atom stereocenters. The number of methoxy groups -OCH3 is 2. The zero-order valence-corrected chi connectivity index (χ0v) is 15.6. The van der Waals surface area contributed by atoms with Crippen molar-refractivity contribution in [1.29, 1.82) is 0 Å². The molecule has 0 saturated carbocycles. The van der Waals surface area contributed by atoms with Gasteiger partial charge >= 0.3 is 5.97 Å². The molecule has 8 heteroatoms. The van der Waals surface area contributed by atoms with Crippen LogP contribution in [0, 0.1) is 0 Å². The van der Waals surface area contributed by atoms with Gasteiger partial charge in [-0.3, -0.25) is 14.8 Å². The van der Waals surface area contributed by atoms with Gasteiger partial charge in [0.25, 0.3) is 5.91 Å². The van der Waals surface area contributed by atoms with E-state index >= 15 is 0 Å². The van der Waals surface area contributed by atoms with Crippen LogP contribution in [0.2, 0.25) is 0 Å². The molecule has 0 aliphatic carbocycles. The molecule has 1 atom stereocenters. The Kier molecular flexibility index (Phi) is 5.69. The molecule has 0 radical (unpaired) electrons. The number of carbonyl (C=O) groups is 2. The summed E-state index contributed by atoms with van der Waals surface area (Å²) in [6.07, 6.45) is 2.11. The maximum atomic E-state index is 12.4. The van der Waals surface area contributed by atoms with E-state index in [1.807, 2.05) is 0 Å². The monoisotopic (exact) mass is 381 g/mol. The van der Waals surface area contributed by atoms with Crippen LogP contribution in [0.3, 0.4) is 0 Å². The highest BCUT2D eigenvalue weighted by molar-refractivity contribution is 5.98. The first-order valence-corrected chi connectivity index (χ1v) is 8.46. The van der Waals surface area contributed by atoms with Crippen LogP contribution in [0.4, 0.5) is 5.69 Å². The highest BCUT2D eigenvalue weighted by Gasteiger charge is 2.20. The van der Waals surface area contributed by atoms with E-state index in [-0.39, 0.29) is 0 Å². The van der Waals surface area contributed by atoms with E-state index in [4.69, 9.17) is 14.2 Å². The third kappa shape index (κ3) is 4.17. The van der Waals surface area contributed by atoms with Crippen LogP contribution in [0.1, 0.15) is 17.3 Å². The van der Waals surface area contributed by atoms with E-state index in [1.54, 1.807) is 42.6 Å². The number of amides is 1. The average Bonchev–Trinajstić information content (AvgIpc) is 2.73. The van der Waals surface area contributed by atoms with Gasteiger partial charge in [0.2, 0.25) is 0 Å². The number of nitrogens with zero attached hydrogens (tertiary/aromatic N) is 2. The van der Waals surface area contributed by atoms with Crippen molar-refractivity contribution in [3.8, 4) is 11.5 Å². The predicted octanol–water partition coefficient (Wildman–Crippen LogP) is 2.83. The standard InChI is InChI=1S/C20H19N3O5/c1-12(19(24)23-14-5-7-17(26-2)18(11-14)27-3)28-20(25)13-4-6-15-16(10-13)22-9-8-21-15/h4-12H,1-3H3,(H,23,24)/t12-/m1/s1. The van der Waals surface area contributed by atoms with E-state index in [0.717, 1.165) is 0 Å². The van der Waals surface area contributed by atoms with Crippen molar-refractivity contribution in [2.45, 2.75) is 13.0 Å². The minimum atomic E-state index is -1.00. The summed E-state index contributed by atoms with van der Waals surface area (Å²) in [4.78, 5) is 33.0. The van der Waals surface area contributed by atoms with Gasteiger partial charge in [-0.1, -0.05) is 0 Å². The Hall–Kier alpha value is -3.68. The fraction of sp³-hybridized carbons (Fsp3) is 0.200. The number of carbonyl (C=O) groups excluding carboxylic acids is 2. The quantitative estimate of drug-likeness (QED) is 0.655. The maximum absolute atomic E-state index is 12.4. The van der Waals surface area contributed by atoms with Crippen molar-refractivity contribution in [2.24, 2.45) is 0 Å². The van der Waals surface area contributed by atoms with Crippen LogP contribution >= 0.6 is 0 Å². The summed E-state index contributed by atoms with van der Waals surface area (Å²) in [6.45, 7) is 1.49. The first-order valence-electron chi connectivity index (χ1n) is 8.46. The summed E-state index contributed by atoms with van der Waals surface area (Å²) in [5.74, 6) is -0.0785. The number of fused-ring (bicyclic) bond motifs is 1. The van der Waals surface area contributed by atoms with Crippen LogP contribution in [0.25, 0.3) is 11.0 Å². The number of anilines is 1. The minimum absolute atomic E-state index is 0.291. The topological polar surface area (TPSA) is 99.6 Å². The summed E-state index contributed by atoms with van der Waals surface area (Å²) in [6, 6.07) is 9.78. The van der Waals surface area contributed by atoms with Crippen molar-refractivity contribution in [2.75, 3.05) is 19.5 Å². The predicted molar refractivity (Wildman–Crippen MR) is 103 cm³/mol. The number of hydrogen-bond acceptors (Lipinski definition) is 7. The van der Waals surface area contributed by atoms with Gasteiger partial charge in [0.15, 0.2) is 17.6 Å². The molecule has 3 rings (SSSR count). The Morgan fingerprint density at radius 2 is 1.64 bits per heavy atom. The molecule has 0 spiro atoms. The lowest BCUT2D eigenvalue weighted by Crippen LogP contribution is -2.30. The van der Waals surface area contributed by atoms with Crippen LogP contribution in [-0.4, -0.2) is 42.2 Å². The van der Waals surface area contributed by atoms with Crippen molar-refractivity contribution < 1.29 is 23.8 Å². The Morgan fingerprint density at radius 1 is 0.929 bits per heavy atom.